The minimum absolute atomic E-state index is 0.0379. The molecule has 0 unspecified atom stereocenters. The molecule has 162 valence electrons. The molecular formula is C26H21N5O2. The Morgan fingerprint density at radius 1 is 1.00 bits per heavy atom. The molecule has 0 saturated heterocycles. The van der Waals surface area contributed by atoms with Crippen molar-refractivity contribution in [3.63, 3.8) is 0 Å². The number of nitrogens with zero attached hydrogens (tertiary/aromatic N) is 3. The van der Waals surface area contributed by atoms with Crippen LogP contribution in [0.4, 0.5) is 0 Å². The topological polar surface area (TPSA) is 92.2 Å². The second kappa shape index (κ2) is 8.20. The lowest BCUT2D eigenvalue weighted by Gasteiger charge is -2.15. The Morgan fingerprint density at radius 3 is 2.48 bits per heavy atom. The van der Waals surface area contributed by atoms with Gasteiger partial charge in [-0.2, -0.15) is 0 Å². The van der Waals surface area contributed by atoms with Crippen LogP contribution < -0.4 is 16.4 Å². The molecule has 7 nitrogen and oxygen atoms in total. The molecule has 3 heterocycles. The summed E-state index contributed by atoms with van der Waals surface area (Å²) >= 11 is 0. The van der Waals surface area contributed by atoms with E-state index in [1.165, 1.54) is 10.5 Å². The molecule has 0 aliphatic rings. The summed E-state index contributed by atoms with van der Waals surface area (Å²) in [5, 5.41) is 12.0. The van der Waals surface area contributed by atoms with E-state index < -0.39 is 5.91 Å². The second-order valence-electron chi connectivity index (χ2n) is 7.83. The van der Waals surface area contributed by atoms with E-state index in [4.69, 9.17) is 5.41 Å². The molecule has 1 amide bonds. The molecule has 0 aliphatic carbocycles. The zero-order valence-corrected chi connectivity index (χ0v) is 17.9. The lowest BCUT2D eigenvalue weighted by molar-refractivity contribution is 0.0949. The molecule has 0 aliphatic heterocycles. The van der Waals surface area contributed by atoms with Gasteiger partial charge >= 0.3 is 0 Å². The molecule has 7 heteroatoms. The van der Waals surface area contributed by atoms with E-state index in [1.807, 2.05) is 61.5 Å². The SMILES string of the molecule is Cc1ccc(-n2c(=N)c(C(=O)NCc3ccccc3)cc3c(=O)n4ccccc4nc32)cc1. The fraction of sp³-hybridized carbons (Fsp3) is 0.0769. The van der Waals surface area contributed by atoms with Crippen molar-refractivity contribution in [3.8, 4) is 5.69 Å². The van der Waals surface area contributed by atoms with Crippen molar-refractivity contribution in [2.45, 2.75) is 13.5 Å². The number of rotatable bonds is 4. The van der Waals surface area contributed by atoms with E-state index in [0.717, 1.165) is 11.1 Å². The largest absolute Gasteiger partial charge is 0.348 e. The number of amides is 1. The first-order chi connectivity index (χ1) is 16.0. The van der Waals surface area contributed by atoms with Crippen LogP contribution in [-0.4, -0.2) is 19.9 Å². The third kappa shape index (κ3) is 3.70. The van der Waals surface area contributed by atoms with E-state index in [9.17, 15) is 9.59 Å². The van der Waals surface area contributed by atoms with Gasteiger partial charge in [-0.1, -0.05) is 54.1 Å². The number of hydrogen-bond donors (Lipinski definition) is 2. The minimum atomic E-state index is -0.427. The van der Waals surface area contributed by atoms with Crippen LogP contribution in [0.25, 0.3) is 22.4 Å². The van der Waals surface area contributed by atoms with E-state index >= 15 is 0 Å². The van der Waals surface area contributed by atoms with Gasteiger partial charge in [0.1, 0.15) is 11.1 Å². The van der Waals surface area contributed by atoms with Crippen LogP contribution in [0.2, 0.25) is 0 Å². The van der Waals surface area contributed by atoms with Gasteiger partial charge in [-0.3, -0.25) is 24.0 Å². The molecule has 0 saturated carbocycles. The summed E-state index contributed by atoms with van der Waals surface area (Å²) in [4.78, 5) is 31.1. The first kappa shape index (κ1) is 20.4. The number of pyridine rings is 2. The summed E-state index contributed by atoms with van der Waals surface area (Å²) in [6, 6.07) is 23.8. The zero-order chi connectivity index (χ0) is 22.9. The third-order valence-corrected chi connectivity index (χ3v) is 5.56. The summed E-state index contributed by atoms with van der Waals surface area (Å²) in [6.07, 6.45) is 1.64. The van der Waals surface area contributed by atoms with Crippen molar-refractivity contribution in [3.05, 3.63) is 118 Å². The molecule has 3 aromatic heterocycles. The number of hydrogen-bond acceptors (Lipinski definition) is 4. The fourth-order valence-electron chi connectivity index (χ4n) is 3.82. The molecule has 33 heavy (non-hydrogen) atoms. The molecule has 2 N–H and O–H groups in total. The molecule has 0 spiro atoms. The van der Waals surface area contributed by atoms with E-state index in [-0.39, 0.29) is 22.0 Å². The van der Waals surface area contributed by atoms with Crippen molar-refractivity contribution in [2.24, 2.45) is 0 Å². The quantitative estimate of drug-likeness (QED) is 0.424. The van der Waals surface area contributed by atoms with E-state index in [2.05, 4.69) is 10.3 Å². The predicted molar refractivity (Wildman–Crippen MR) is 126 cm³/mol. The predicted octanol–water partition coefficient (Wildman–Crippen LogP) is 3.36. The van der Waals surface area contributed by atoms with Crippen LogP contribution in [0.1, 0.15) is 21.5 Å². The number of nitrogens with one attached hydrogen (secondary N) is 2. The van der Waals surface area contributed by atoms with Gasteiger partial charge in [-0.25, -0.2) is 4.98 Å². The monoisotopic (exact) mass is 435 g/mol. The average Bonchev–Trinajstić information content (AvgIpc) is 2.84. The minimum Gasteiger partial charge on any atom is -0.348 e. The first-order valence-electron chi connectivity index (χ1n) is 10.5. The smallest absolute Gasteiger partial charge is 0.267 e. The summed E-state index contributed by atoms with van der Waals surface area (Å²) in [5.74, 6) is -0.427. The highest BCUT2D eigenvalue weighted by Gasteiger charge is 2.18. The molecule has 0 radical (unpaired) electrons. The Hall–Kier alpha value is -4.52. The Bertz CT molecular complexity index is 1620. The van der Waals surface area contributed by atoms with Crippen LogP contribution in [0.5, 0.6) is 0 Å². The van der Waals surface area contributed by atoms with E-state index in [1.54, 1.807) is 29.0 Å². The Morgan fingerprint density at radius 2 is 1.73 bits per heavy atom. The number of fused-ring (bicyclic) bond motifs is 2. The van der Waals surface area contributed by atoms with Crippen molar-refractivity contribution < 1.29 is 4.79 Å². The highest BCUT2D eigenvalue weighted by Crippen LogP contribution is 2.16. The lowest BCUT2D eigenvalue weighted by atomic mass is 10.1. The second-order valence-corrected chi connectivity index (χ2v) is 7.83. The average molecular weight is 435 g/mol. The van der Waals surface area contributed by atoms with Crippen molar-refractivity contribution >= 4 is 22.6 Å². The van der Waals surface area contributed by atoms with Crippen LogP contribution in [-0.2, 0) is 6.54 Å². The van der Waals surface area contributed by atoms with Crippen molar-refractivity contribution in [2.75, 3.05) is 0 Å². The Balaban J connectivity index is 1.74. The maximum Gasteiger partial charge on any atom is 0.267 e. The number of carbonyl (C=O) groups is 1. The van der Waals surface area contributed by atoms with Gasteiger partial charge in [0.25, 0.3) is 11.5 Å². The van der Waals surface area contributed by atoms with Gasteiger partial charge in [0.05, 0.1) is 10.9 Å². The number of aromatic nitrogens is 3. The Kier molecular flexibility index (Phi) is 5.06. The number of carbonyl (C=O) groups excluding carboxylic acids is 1. The van der Waals surface area contributed by atoms with Gasteiger partial charge < -0.3 is 5.32 Å². The third-order valence-electron chi connectivity index (χ3n) is 5.56. The normalized spacial score (nSPS) is 11.1. The molecular weight excluding hydrogens is 414 g/mol. The van der Waals surface area contributed by atoms with Gasteiger partial charge in [0.15, 0.2) is 5.65 Å². The highest BCUT2D eigenvalue weighted by atomic mass is 16.1. The summed E-state index contributed by atoms with van der Waals surface area (Å²) in [6.45, 7) is 2.29. The molecule has 5 rings (SSSR count). The van der Waals surface area contributed by atoms with Crippen molar-refractivity contribution in [1.29, 1.82) is 5.41 Å². The molecule has 0 atom stereocenters. The van der Waals surface area contributed by atoms with Crippen LogP contribution in [0, 0.1) is 12.3 Å². The lowest BCUT2D eigenvalue weighted by Crippen LogP contribution is -2.34. The number of benzene rings is 2. The summed E-state index contributed by atoms with van der Waals surface area (Å²) in [7, 11) is 0. The van der Waals surface area contributed by atoms with Crippen LogP contribution >= 0.6 is 0 Å². The van der Waals surface area contributed by atoms with Crippen LogP contribution in [0.15, 0.2) is 89.9 Å². The summed E-state index contributed by atoms with van der Waals surface area (Å²) in [5.41, 5.74) is 3.23. The highest BCUT2D eigenvalue weighted by molar-refractivity contribution is 5.97. The Labute approximate surface area is 189 Å². The maximum absolute atomic E-state index is 13.3. The standard InChI is InChI=1S/C26H21N5O2/c1-17-10-12-19(13-11-17)31-23(27)20(25(32)28-16-18-7-3-2-4-8-18)15-21-24(31)29-22-9-5-6-14-30(22)26(21)33/h2-15,27H,16H2,1H3,(H,28,32). The van der Waals surface area contributed by atoms with Gasteiger partial charge in [-0.15, -0.1) is 0 Å². The fourth-order valence-corrected chi connectivity index (χ4v) is 3.82. The molecule has 2 aromatic carbocycles. The molecule has 0 fully saturated rings. The van der Waals surface area contributed by atoms with Crippen molar-refractivity contribution in [1.82, 2.24) is 19.3 Å². The summed E-state index contributed by atoms with van der Waals surface area (Å²) < 4.78 is 3.00. The zero-order valence-electron chi connectivity index (χ0n) is 17.9. The maximum atomic E-state index is 13.3. The van der Waals surface area contributed by atoms with Gasteiger partial charge in [0, 0.05) is 18.4 Å². The molecule has 5 aromatic rings. The van der Waals surface area contributed by atoms with Gasteiger partial charge in [-0.05, 0) is 42.8 Å². The van der Waals surface area contributed by atoms with Crippen LogP contribution in [0.3, 0.4) is 0 Å². The first-order valence-corrected chi connectivity index (χ1v) is 10.5. The molecule has 0 bridgehead atoms. The van der Waals surface area contributed by atoms with E-state index in [0.29, 0.717) is 23.5 Å². The van der Waals surface area contributed by atoms with Gasteiger partial charge in [0.2, 0.25) is 0 Å². The number of aryl methyl sites for hydroxylation is 1.